The van der Waals surface area contributed by atoms with Crippen LogP contribution in [0.3, 0.4) is 0 Å². The largest absolute Gasteiger partial charge is 0.497 e. The van der Waals surface area contributed by atoms with Gasteiger partial charge in [-0.05, 0) is 86.7 Å². The van der Waals surface area contributed by atoms with E-state index < -0.39 is 28.5 Å². The lowest BCUT2D eigenvalue weighted by Crippen LogP contribution is -2.52. The molecule has 0 aromatic heterocycles. The summed E-state index contributed by atoms with van der Waals surface area (Å²) >= 11 is 0. The molecule has 0 spiro atoms. The van der Waals surface area contributed by atoms with Gasteiger partial charge < -0.3 is 15.0 Å². The first-order valence-electron chi connectivity index (χ1n) is 14.4. The van der Waals surface area contributed by atoms with E-state index in [-0.39, 0.29) is 17.3 Å². The van der Waals surface area contributed by atoms with Crippen molar-refractivity contribution in [2.24, 2.45) is 0 Å². The summed E-state index contributed by atoms with van der Waals surface area (Å²) in [7, 11) is -2.53. The van der Waals surface area contributed by atoms with E-state index >= 15 is 0 Å². The van der Waals surface area contributed by atoms with Crippen LogP contribution in [0.15, 0.2) is 71.6 Å². The Morgan fingerprint density at radius 3 is 2.14 bits per heavy atom. The summed E-state index contributed by atoms with van der Waals surface area (Å²) in [5.41, 5.74) is 4.02. The SMILES string of the molecule is CCCCNC(=O)[C@@H](CC)N(Cc1ccc(OC)cc1)C(=O)CN(c1ccc(C)c(C)c1)S(=O)(=O)c1ccc(C)cc1. The van der Waals surface area contributed by atoms with Gasteiger partial charge in [0.25, 0.3) is 10.0 Å². The maximum atomic E-state index is 14.2. The highest BCUT2D eigenvalue weighted by Crippen LogP contribution is 2.27. The normalized spacial score (nSPS) is 12.0. The highest BCUT2D eigenvalue weighted by Gasteiger charge is 2.33. The highest BCUT2D eigenvalue weighted by atomic mass is 32.2. The van der Waals surface area contributed by atoms with Crippen molar-refractivity contribution in [2.75, 3.05) is 24.5 Å². The Hall–Kier alpha value is -3.85. The van der Waals surface area contributed by atoms with Crippen LogP contribution in [0.25, 0.3) is 0 Å². The van der Waals surface area contributed by atoms with E-state index in [0.717, 1.165) is 39.4 Å². The predicted octanol–water partition coefficient (Wildman–Crippen LogP) is 5.54. The Labute approximate surface area is 250 Å². The number of carbonyl (C=O) groups is 2. The fraction of sp³-hybridized carbons (Fsp3) is 0.394. The third-order valence-electron chi connectivity index (χ3n) is 7.39. The molecule has 1 N–H and O–H groups in total. The molecule has 9 heteroatoms. The van der Waals surface area contributed by atoms with Crippen molar-refractivity contribution in [1.82, 2.24) is 10.2 Å². The van der Waals surface area contributed by atoms with Gasteiger partial charge in [0, 0.05) is 13.1 Å². The minimum Gasteiger partial charge on any atom is -0.497 e. The zero-order valence-electron chi connectivity index (χ0n) is 25.5. The third-order valence-corrected chi connectivity index (χ3v) is 9.18. The van der Waals surface area contributed by atoms with Gasteiger partial charge in [-0.3, -0.25) is 13.9 Å². The molecular weight excluding hydrogens is 550 g/mol. The minimum absolute atomic E-state index is 0.0881. The number of carbonyl (C=O) groups excluding carboxylic acids is 2. The number of nitrogens with zero attached hydrogens (tertiary/aromatic N) is 2. The first-order chi connectivity index (χ1) is 20.0. The highest BCUT2D eigenvalue weighted by molar-refractivity contribution is 7.92. The molecule has 2 amide bonds. The standard InChI is InChI=1S/C33H43N3O5S/c1-7-9-20-34-33(38)31(8-2)35(22-27-13-16-29(41-6)17-14-27)32(37)23-36(28-15-12-25(4)26(5)21-28)42(39,40)30-18-10-24(3)11-19-30/h10-19,21,31H,7-9,20,22-23H2,1-6H3,(H,34,38)/t31-/m1/s1. The number of rotatable bonds is 14. The van der Waals surface area contributed by atoms with Crippen molar-refractivity contribution in [1.29, 1.82) is 0 Å². The molecule has 0 radical (unpaired) electrons. The van der Waals surface area contributed by atoms with Gasteiger partial charge in [-0.2, -0.15) is 0 Å². The van der Waals surface area contributed by atoms with Gasteiger partial charge in [-0.15, -0.1) is 0 Å². The van der Waals surface area contributed by atoms with Crippen molar-refractivity contribution in [3.8, 4) is 5.75 Å². The van der Waals surface area contributed by atoms with Crippen molar-refractivity contribution in [2.45, 2.75) is 71.4 Å². The second-order valence-electron chi connectivity index (χ2n) is 10.5. The van der Waals surface area contributed by atoms with Crippen LogP contribution in [0.1, 0.15) is 55.4 Å². The molecule has 0 heterocycles. The van der Waals surface area contributed by atoms with Crippen LogP contribution >= 0.6 is 0 Å². The van der Waals surface area contributed by atoms with Crippen LogP contribution in [0.2, 0.25) is 0 Å². The number of hydrogen-bond acceptors (Lipinski definition) is 5. The molecule has 3 aromatic rings. The van der Waals surface area contributed by atoms with E-state index in [1.54, 1.807) is 55.6 Å². The molecule has 0 aliphatic rings. The second-order valence-corrected chi connectivity index (χ2v) is 12.4. The lowest BCUT2D eigenvalue weighted by molar-refractivity contribution is -0.140. The van der Waals surface area contributed by atoms with Crippen LogP contribution in [-0.4, -0.2) is 51.4 Å². The molecule has 0 aliphatic carbocycles. The summed E-state index contributed by atoms with van der Waals surface area (Å²) in [5.74, 6) is -0.0600. The molecule has 3 aromatic carbocycles. The zero-order chi connectivity index (χ0) is 30.9. The molecule has 226 valence electrons. The number of nitrogens with one attached hydrogen (secondary N) is 1. The van der Waals surface area contributed by atoms with E-state index in [9.17, 15) is 18.0 Å². The third kappa shape index (κ3) is 8.12. The molecule has 8 nitrogen and oxygen atoms in total. The average molecular weight is 594 g/mol. The van der Waals surface area contributed by atoms with E-state index in [1.165, 1.54) is 4.90 Å². The monoisotopic (exact) mass is 593 g/mol. The van der Waals surface area contributed by atoms with E-state index in [0.29, 0.717) is 24.4 Å². The molecule has 0 saturated carbocycles. The molecule has 1 atom stereocenters. The number of methoxy groups -OCH3 is 1. The molecular formula is C33H43N3O5S. The average Bonchev–Trinajstić information content (AvgIpc) is 2.97. The fourth-order valence-electron chi connectivity index (χ4n) is 4.60. The molecule has 0 saturated heterocycles. The lowest BCUT2D eigenvalue weighted by Gasteiger charge is -2.33. The molecule has 3 rings (SSSR count). The summed E-state index contributed by atoms with van der Waals surface area (Å²) in [6.07, 6.45) is 2.12. The molecule has 0 bridgehead atoms. The summed E-state index contributed by atoms with van der Waals surface area (Å²) in [5, 5.41) is 2.95. The van der Waals surface area contributed by atoms with Crippen molar-refractivity contribution in [3.05, 3.63) is 89.0 Å². The van der Waals surface area contributed by atoms with Crippen LogP contribution in [0.5, 0.6) is 5.75 Å². The summed E-state index contributed by atoms with van der Waals surface area (Å²) in [6, 6.07) is 18.4. The smallest absolute Gasteiger partial charge is 0.264 e. The van der Waals surface area contributed by atoms with Gasteiger partial charge in [0.05, 0.1) is 17.7 Å². The van der Waals surface area contributed by atoms with Gasteiger partial charge in [0.2, 0.25) is 11.8 Å². The molecule has 0 unspecified atom stereocenters. The summed E-state index contributed by atoms with van der Waals surface area (Å²) in [4.78, 5) is 29.1. The minimum atomic E-state index is -4.11. The predicted molar refractivity (Wildman–Crippen MR) is 167 cm³/mol. The topological polar surface area (TPSA) is 96.0 Å². The summed E-state index contributed by atoms with van der Waals surface area (Å²) in [6.45, 7) is 9.80. The maximum absolute atomic E-state index is 14.2. The van der Waals surface area contributed by atoms with Crippen LogP contribution in [0.4, 0.5) is 5.69 Å². The van der Waals surface area contributed by atoms with Gasteiger partial charge in [-0.25, -0.2) is 8.42 Å². The Kier molecular flexibility index (Phi) is 11.6. The molecule has 42 heavy (non-hydrogen) atoms. The van der Waals surface area contributed by atoms with Gasteiger partial charge in [0.15, 0.2) is 0 Å². The maximum Gasteiger partial charge on any atom is 0.264 e. The Bertz CT molecular complexity index is 1450. The zero-order valence-corrected chi connectivity index (χ0v) is 26.3. The van der Waals surface area contributed by atoms with E-state index in [2.05, 4.69) is 5.32 Å². The van der Waals surface area contributed by atoms with Crippen LogP contribution in [-0.2, 0) is 26.2 Å². The van der Waals surface area contributed by atoms with Gasteiger partial charge >= 0.3 is 0 Å². The number of amides is 2. The number of sulfonamides is 1. The Balaban J connectivity index is 2.05. The lowest BCUT2D eigenvalue weighted by atomic mass is 10.1. The number of anilines is 1. The van der Waals surface area contributed by atoms with Crippen molar-refractivity contribution >= 4 is 27.5 Å². The van der Waals surface area contributed by atoms with E-state index in [4.69, 9.17) is 4.74 Å². The molecule has 0 aliphatic heterocycles. The van der Waals surface area contributed by atoms with Crippen molar-refractivity contribution in [3.63, 3.8) is 0 Å². The number of aryl methyl sites for hydroxylation is 3. The first-order valence-corrected chi connectivity index (χ1v) is 15.8. The number of benzene rings is 3. The van der Waals surface area contributed by atoms with E-state index in [1.807, 2.05) is 52.8 Å². The van der Waals surface area contributed by atoms with Gasteiger partial charge in [0.1, 0.15) is 18.3 Å². The van der Waals surface area contributed by atoms with Crippen LogP contribution < -0.4 is 14.4 Å². The summed E-state index contributed by atoms with van der Waals surface area (Å²) < 4.78 is 34.5. The van der Waals surface area contributed by atoms with Crippen molar-refractivity contribution < 1.29 is 22.7 Å². The number of unbranched alkanes of at least 4 members (excludes halogenated alkanes) is 1. The van der Waals surface area contributed by atoms with Crippen LogP contribution in [0, 0.1) is 20.8 Å². The number of ether oxygens (including phenoxy) is 1. The first kappa shape index (κ1) is 32.7. The second kappa shape index (κ2) is 14.9. The van der Waals surface area contributed by atoms with Gasteiger partial charge in [-0.1, -0.05) is 56.2 Å². The Morgan fingerprint density at radius 2 is 1.57 bits per heavy atom. The quantitative estimate of drug-likeness (QED) is 0.248. The molecule has 0 fully saturated rings. The number of hydrogen-bond donors (Lipinski definition) is 1. The fourth-order valence-corrected chi connectivity index (χ4v) is 6.01. The Morgan fingerprint density at radius 1 is 0.905 bits per heavy atom.